The third-order valence-electron chi connectivity index (χ3n) is 8.36. The van der Waals surface area contributed by atoms with E-state index in [0.29, 0.717) is 0 Å². The second-order valence-electron chi connectivity index (χ2n) is 10.5. The van der Waals surface area contributed by atoms with E-state index < -0.39 is 0 Å². The average Bonchev–Trinajstić information content (AvgIpc) is 3.03. The maximum atomic E-state index is 7.59. The molecule has 4 aromatic carbocycles. The minimum atomic E-state index is -0.234. The average molecular weight is 549 g/mol. The van der Waals surface area contributed by atoms with E-state index in [0.717, 1.165) is 39.0 Å². The summed E-state index contributed by atoms with van der Waals surface area (Å²) in [5.74, 6) is 0. The van der Waals surface area contributed by atoms with Crippen LogP contribution in [0.2, 0.25) is 0 Å². The van der Waals surface area contributed by atoms with E-state index in [4.69, 9.17) is 4.74 Å². The van der Waals surface area contributed by atoms with Gasteiger partial charge in [-0.3, -0.25) is 0 Å². The van der Waals surface area contributed by atoms with Crippen LogP contribution in [0.1, 0.15) is 87.1 Å². The number of para-hydroxylation sites is 2. The molecule has 0 bridgehead atoms. The molecular formula is C38H48N2O. The molecule has 4 aromatic rings. The van der Waals surface area contributed by atoms with Crippen molar-refractivity contribution in [1.29, 1.82) is 0 Å². The Morgan fingerprint density at radius 3 is 1.10 bits per heavy atom. The Morgan fingerprint density at radius 2 is 0.756 bits per heavy atom. The summed E-state index contributed by atoms with van der Waals surface area (Å²) in [6, 6.07) is 35.3. The highest BCUT2D eigenvalue weighted by atomic mass is 16.5. The van der Waals surface area contributed by atoms with E-state index in [1.807, 2.05) is 0 Å². The molecule has 2 unspecified atom stereocenters. The monoisotopic (exact) mass is 548 g/mol. The highest BCUT2D eigenvalue weighted by molar-refractivity contribution is 5.59. The number of rotatable bonds is 14. The Labute approximate surface area is 248 Å². The van der Waals surface area contributed by atoms with Gasteiger partial charge in [-0.15, -0.1) is 0 Å². The van der Waals surface area contributed by atoms with Gasteiger partial charge in [0.25, 0.3) is 0 Å². The predicted molar refractivity (Wildman–Crippen MR) is 176 cm³/mol. The van der Waals surface area contributed by atoms with Gasteiger partial charge >= 0.3 is 0 Å². The highest BCUT2D eigenvalue weighted by Crippen LogP contribution is 2.43. The van der Waals surface area contributed by atoms with Crippen LogP contribution in [0, 0.1) is 0 Å². The van der Waals surface area contributed by atoms with Crippen LogP contribution in [-0.4, -0.2) is 26.2 Å². The van der Waals surface area contributed by atoms with Crippen molar-refractivity contribution in [3.8, 4) is 0 Å². The molecule has 41 heavy (non-hydrogen) atoms. The first-order valence-corrected chi connectivity index (χ1v) is 15.6. The van der Waals surface area contributed by atoms with Crippen molar-refractivity contribution in [3.63, 3.8) is 0 Å². The lowest BCUT2D eigenvalue weighted by Gasteiger charge is -2.34. The molecule has 3 heteroatoms. The van der Waals surface area contributed by atoms with Crippen LogP contribution < -0.4 is 9.80 Å². The lowest BCUT2D eigenvalue weighted by molar-refractivity contribution is 0.0304. The number of benzene rings is 4. The standard InChI is InChI=1S/C38H48N2O/c1-7-29-21-13-15-23-31(29)37(33-25-17-19-27-35(33)39(9-3)10-4)41-38(32-24-16-14-22-30(32)8-2)34-26-18-20-28-36(34)40(11-5)12-6/h13-28,37-38H,7-12H2,1-6H3. The van der Waals surface area contributed by atoms with E-state index in [1.54, 1.807) is 0 Å². The molecule has 0 aliphatic rings. The molecule has 0 N–H and O–H groups in total. The van der Waals surface area contributed by atoms with Gasteiger partial charge in [0.05, 0.1) is 0 Å². The maximum Gasteiger partial charge on any atom is 0.111 e. The zero-order chi connectivity index (χ0) is 29.2. The van der Waals surface area contributed by atoms with Crippen LogP contribution in [0.3, 0.4) is 0 Å². The first-order chi connectivity index (χ1) is 20.1. The van der Waals surface area contributed by atoms with Crippen molar-refractivity contribution >= 4 is 11.4 Å². The van der Waals surface area contributed by atoms with Crippen molar-refractivity contribution in [2.75, 3.05) is 36.0 Å². The van der Waals surface area contributed by atoms with E-state index >= 15 is 0 Å². The van der Waals surface area contributed by atoms with Crippen molar-refractivity contribution in [2.45, 2.75) is 66.6 Å². The van der Waals surface area contributed by atoms with Crippen LogP contribution in [0.25, 0.3) is 0 Å². The minimum absolute atomic E-state index is 0.234. The second-order valence-corrected chi connectivity index (χ2v) is 10.5. The Balaban J connectivity index is 2.00. The molecule has 0 fully saturated rings. The molecule has 0 radical (unpaired) electrons. The van der Waals surface area contributed by atoms with Gasteiger partial charge in [0.1, 0.15) is 12.2 Å². The SMILES string of the molecule is CCc1ccccc1C(OC(c1ccccc1CC)c1ccccc1N(CC)CC)c1ccccc1N(CC)CC. The summed E-state index contributed by atoms with van der Waals surface area (Å²) >= 11 is 0. The molecule has 4 rings (SSSR count). The van der Waals surface area contributed by atoms with E-state index in [1.165, 1.54) is 44.8 Å². The van der Waals surface area contributed by atoms with Gasteiger partial charge in [-0.25, -0.2) is 0 Å². The number of aryl methyl sites for hydroxylation is 2. The van der Waals surface area contributed by atoms with Crippen LogP contribution >= 0.6 is 0 Å². The van der Waals surface area contributed by atoms with Gasteiger partial charge in [-0.2, -0.15) is 0 Å². The van der Waals surface area contributed by atoms with E-state index in [-0.39, 0.29) is 12.2 Å². The molecule has 0 aliphatic heterocycles. The fraction of sp³-hybridized carbons (Fsp3) is 0.368. The first kappa shape index (κ1) is 30.4. The molecule has 0 aliphatic carbocycles. The Kier molecular flexibility index (Phi) is 11.0. The summed E-state index contributed by atoms with van der Waals surface area (Å²) in [6.45, 7) is 17.2. The minimum Gasteiger partial charge on any atom is -0.372 e. The lowest BCUT2D eigenvalue weighted by Crippen LogP contribution is -2.26. The molecule has 0 spiro atoms. The summed E-state index contributed by atoms with van der Waals surface area (Å²) in [5.41, 5.74) is 10.1. The number of hydrogen-bond donors (Lipinski definition) is 0. The second kappa shape index (κ2) is 14.9. The zero-order valence-electron chi connectivity index (χ0n) is 25.9. The largest absolute Gasteiger partial charge is 0.372 e. The molecule has 216 valence electrons. The molecule has 0 heterocycles. The van der Waals surface area contributed by atoms with Gasteiger partial charge in [0.15, 0.2) is 0 Å². The van der Waals surface area contributed by atoms with Crippen LogP contribution in [0.4, 0.5) is 11.4 Å². The van der Waals surface area contributed by atoms with Gasteiger partial charge in [-0.05, 0) is 74.9 Å². The molecule has 3 nitrogen and oxygen atoms in total. The normalized spacial score (nSPS) is 12.6. The molecular weight excluding hydrogens is 500 g/mol. The smallest absolute Gasteiger partial charge is 0.111 e. The number of anilines is 2. The van der Waals surface area contributed by atoms with Crippen molar-refractivity contribution in [1.82, 2.24) is 0 Å². The summed E-state index contributed by atoms with van der Waals surface area (Å²) in [7, 11) is 0. The van der Waals surface area contributed by atoms with E-state index in [2.05, 4.69) is 148 Å². The highest BCUT2D eigenvalue weighted by Gasteiger charge is 2.30. The summed E-state index contributed by atoms with van der Waals surface area (Å²) in [5, 5.41) is 0. The number of nitrogens with zero attached hydrogens (tertiary/aromatic N) is 2. The summed E-state index contributed by atoms with van der Waals surface area (Å²) in [6.07, 6.45) is 1.44. The van der Waals surface area contributed by atoms with Crippen molar-refractivity contribution in [3.05, 3.63) is 130 Å². The van der Waals surface area contributed by atoms with Crippen LogP contribution in [-0.2, 0) is 17.6 Å². The van der Waals surface area contributed by atoms with Crippen LogP contribution in [0.15, 0.2) is 97.1 Å². The van der Waals surface area contributed by atoms with Crippen molar-refractivity contribution in [2.24, 2.45) is 0 Å². The van der Waals surface area contributed by atoms with E-state index in [9.17, 15) is 0 Å². The summed E-state index contributed by atoms with van der Waals surface area (Å²) in [4.78, 5) is 4.89. The maximum absolute atomic E-state index is 7.59. The van der Waals surface area contributed by atoms with Gasteiger partial charge in [0.2, 0.25) is 0 Å². The Hall–Kier alpha value is -3.56. The quantitative estimate of drug-likeness (QED) is 0.156. The molecule has 2 atom stereocenters. The zero-order valence-corrected chi connectivity index (χ0v) is 25.9. The molecule has 0 saturated heterocycles. The van der Waals surface area contributed by atoms with Crippen LogP contribution in [0.5, 0.6) is 0 Å². The molecule has 0 saturated carbocycles. The van der Waals surface area contributed by atoms with Gasteiger partial charge < -0.3 is 14.5 Å². The van der Waals surface area contributed by atoms with Crippen molar-refractivity contribution < 1.29 is 4.74 Å². The first-order valence-electron chi connectivity index (χ1n) is 15.6. The predicted octanol–water partition coefficient (Wildman–Crippen LogP) is 9.40. The molecule has 0 amide bonds. The topological polar surface area (TPSA) is 15.7 Å². The fourth-order valence-corrected chi connectivity index (χ4v) is 6.11. The third-order valence-corrected chi connectivity index (χ3v) is 8.36. The summed E-state index contributed by atoms with van der Waals surface area (Å²) < 4.78 is 7.59. The van der Waals surface area contributed by atoms with Gasteiger partial charge in [-0.1, -0.05) is 98.8 Å². The molecule has 0 aromatic heterocycles. The van der Waals surface area contributed by atoms with Gasteiger partial charge in [0, 0.05) is 48.7 Å². The third kappa shape index (κ3) is 6.68. The number of hydrogen-bond acceptors (Lipinski definition) is 3. The number of ether oxygens (including phenoxy) is 1. The fourth-order valence-electron chi connectivity index (χ4n) is 6.11. The Morgan fingerprint density at radius 1 is 0.439 bits per heavy atom. The Bertz CT molecular complexity index is 1270. The lowest BCUT2D eigenvalue weighted by atomic mass is 9.91.